The van der Waals surface area contributed by atoms with Crippen molar-refractivity contribution in [1.29, 1.82) is 0 Å². The van der Waals surface area contributed by atoms with Gasteiger partial charge in [0.2, 0.25) is 0 Å². The maximum atomic E-state index is 5.58. The number of aromatic nitrogens is 1. The topological polar surface area (TPSA) is 89.6 Å². The van der Waals surface area contributed by atoms with Gasteiger partial charge >= 0.3 is 0 Å². The monoisotopic (exact) mass is 177 g/mol. The van der Waals surface area contributed by atoms with Crippen LogP contribution in [0, 0.1) is 6.92 Å². The predicted octanol–water partition coefficient (Wildman–Crippen LogP) is 0.619. The summed E-state index contributed by atoms with van der Waals surface area (Å²) >= 11 is 0. The van der Waals surface area contributed by atoms with Crippen LogP contribution in [0.15, 0.2) is 22.1 Å². The van der Waals surface area contributed by atoms with Gasteiger partial charge in [-0.15, -0.1) is 0 Å². The number of anilines is 1. The van der Waals surface area contributed by atoms with Crippen LogP contribution in [0.1, 0.15) is 5.69 Å². The molecule has 0 bridgehead atoms. The van der Waals surface area contributed by atoms with Gasteiger partial charge in [0.15, 0.2) is 5.82 Å². The summed E-state index contributed by atoms with van der Waals surface area (Å²) in [6.07, 6.45) is 2.49. The molecule has 68 valence electrons. The molecule has 0 unspecified atom stereocenters. The summed E-state index contributed by atoms with van der Waals surface area (Å²) in [4.78, 5) is 11.6. The Morgan fingerprint density at radius 1 is 1.46 bits per heavy atom. The largest absolute Gasteiger partial charge is 0.397 e. The molecule has 4 N–H and O–H groups in total. The maximum absolute atomic E-state index is 5.58. The summed E-state index contributed by atoms with van der Waals surface area (Å²) in [6.45, 7) is 1.82. The molecule has 5 heteroatoms. The fraction of sp³-hybridized carbons (Fsp3) is 0.125. The number of nitrogen functional groups attached to an aromatic ring is 1. The minimum absolute atomic E-state index is 0.567. The van der Waals surface area contributed by atoms with E-state index in [4.69, 9.17) is 11.5 Å². The van der Waals surface area contributed by atoms with E-state index >= 15 is 0 Å². The molecule has 0 saturated carbocycles. The van der Waals surface area contributed by atoms with Gasteiger partial charge in [-0.25, -0.2) is 15.0 Å². The van der Waals surface area contributed by atoms with Crippen molar-refractivity contribution in [1.82, 2.24) is 4.98 Å². The van der Waals surface area contributed by atoms with Gasteiger partial charge in [0.05, 0.1) is 17.7 Å². The molecule has 0 amide bonds. The molecule has 0 aliphatic rings. The first-order valence-electron chi connectivity index (χ1n) is 3.73. The minimum Gasteiger partial charge on any atom is -0.397 e. The van der Waals surface area contributed by atoms with Crippen LogP contribution < -0.4 is 11.5 Å². The van der Waals surface area contributed by atoms with Gasteiger partial charge in [-0.05, 0) is 19.1 Å². The van der Waals surface area contributed by atoms with E-state index in [0.717, 1.165) is 12.0 Å². The lowest BCUT2D eigenvalue weighted by Gasteiger charge is -1.98. The maximum Gasteiger partial charge on any atom is 0.154 e. The number of rotatable bonds is 2. The second kappa shape index (κ2) is 4.20. The summed E-state index contributed by atoms with van der Waals surface area (Å²) in [5.74, 6) is 0.567. The molecule has 1 aromatic heterocycles. The smallest absolute Gasteiger partial charge is 0.154 e. The number of nitrogens with two attached hydrogens (primary N) is 2. The van der Waals surface area contributed by atoms with Crippen molar-refractivity contribution in [3.8, 4) is 0 Å². The third-order valence-corrected chi connectivity index (χ3v) is 1.45. The fourth-order valence-electron chi connectivity index (χ4n) is 0.761. The number of hydrogen-bond acceptors (Lipinski definition) is 3. The molecule has 1 rings (SSSR count). The normalized spacial score (nSPS) is 11.5. The van der Waals surface area contributed by atoms with Gasteiger partial charge in [0.1, 0.15) is 6.34 Å². The first kappa shape index (κ1) is 9.18. The number of aliphatic imine (C=N–C) groups is 2. The van der Waals surface area contributed by atoms with E-state index < -0.39 is 0 Å². The number of hydrogen-bond donors (Lipinski definition) is 2. The van der Waals surface area contributed by atoms with E-state index in [1.165, 1.54) is 6.34 Å². The highest BCUT2D eigenvalue weighted by molar-refractivity contribution is 5.71. The molecular weight excluding hydrogens is 166 g/mol. The summed E-state index contributed by atoms with van der Waals surface area (Å²) in [5.41, 5.74) is 12.0. The molecule has 1 aromatic rings. The summed E-state index contributed by atoms with van der Waals surface area (Å²) in [7, 11) is 0. The van der Waals surface area contributed by atoms with Crippen LogP contribution in [0.25, 0.3) is 0 Å². The third-order valence-electron chi connectivity index (χ3n) is 1.45. The Labute approximate surface area is 76.2 Å². The first-order valence-corrected chi connectivity index (χ1v) is 3.73. The van der Waals surface area contributed by atoms with E-state index in [1.54, 1.807) is 12.1 Å². The number of aryl methyl sites for hydroxylation is 1. The Bertz CT molecular complexity index is 342. The van der Waals surface area contributed by atoms with Crippen LogP contribution in [-0.4, -0.2) is 17.7 Å². The van der Waals surface area contributed by atoms with Crippen LogP contribution in [0.3, 0.4) is 0 Å². The molecule has 0 aliphatic carbocycles. The van der Waals surface area contributed by atoms with Crippen LogP contribution in [-0.2, 0) is 0 Å². The predicted molar refractivity (Wildman–Crippen MR) is 54.2 cm³/mol. The zero-order valence-electron chi connectivity index (χ0n) is 7.31. The van der Waals surface area contributed by atoms with Gasteiger partial charge < -0.3 is 11.5 Å². The molecule has 5 nitrogen and oxygen atoms in total. The molecule has 0 atom stereocenters. The summed E-state index contributed by atoms with van der Waals surface area (Å²) in [6, 6.07) is 3.46. The van der Waals surface area contributed by atoms with Gasteiger partial charge in [0, 0.05) is 0 Å². The molecule has 0 radical (unpaired) electrons. The second-order valence-electron chi connectivity index (χ2n) is 2.39. The van der Waals surface area contributed by atoms with E-state index in [9.17, 15) is 0 Å². The highest BCUT2D eigenvalue weighted by Crippen LogP contribution is 2.13. The van der Waals surface area contributed by atoms with E-state index in [1.807, 2.05) is 6.92 Å². The summed E-state index contributed by atoms with van der Waals surface area (Å²) < 4.78 is 0. The van der Waals surface area contributed by atoms with Crippen LogP contribution in [0.4, 0.5) is 11.5 Å². The van der Waals surface area contributed by atoms with Gasteiger partial charge in [-0.2, -0.15) is 0 Å². The van der Waals surface area contributed by atoms with Gasteiger partial charge in [0.25, 0.3) is 0 Å². The lowest BCUT2D eigenvalue weighted by Crippen LogP contribution is -1.91. The minimum atomic E-state index is 0.567. The molecule has 0 aliphatic heterocycles. The van der Waals surface area contributed by atoms with Gasteiger partial charge in [-0.1, -0.05) is 0 Å². The van der Waals surface area contributed by atoms with Crippen molar-refractivity contribution in [2.75, 3.05) is 5.73 Å². The third kappa shape index (κ3) is 2.55. The van der Waals surface area contributed by atoms with Crippen molar-refractivity contribution in [2.45, 2.75) is 6.92 Å². The molecule has 0 fully saturated rings. The van der Waals surface area contributed by atoms with Crippen molar-refractivity contribution in [3.05, 3.63) is 17.8 Å². The lowest BCUT2D eigenvalue weighted by atomic mass is 10.3. The molecule has 1 heterocycles. The molecule has 0 saturated heterocycles. The Kier molecular flexibility index (Phi) is 2.97. The van der Waals surface area contributed by atoms with E-state index in [0.29, 0.717) is 11.5 Å². The quantitative estimate of drug-likeness (QED) is 0.512. The molecular formula is C8H11N5. The van der Waals surface area contributed by atoms with E-state index in [-0.39, 0.29) is 0 Å². The highest BCUT2D eigenvalue weighted by Gasteiger charge is 1.94. The Morgan fingerprint density at radius 3 is 2.85 bits per heavy atom. The Hall–Kier alpha value is -1.91. The van der Waals surface area contributed by atoms with Crippen LogP contribution in [0.2, 0.25) is 0 Å². The van der Waals surface area contributed by atoms with Crippen LogP contribution >= 0.6 is 0 Å². The number of pyridine rings is 1. The highest BCUT2D eigenvalue weighted by atomic mass is 15.0. The first-order chi connectivity index (χ1) is 6.24. The Morgan fingerprint density at radius 2 is 2.23 bits per heavy atom. The van der Waals surface area contributed by atoms with Crippen molar-refractivity contribution >= 4 is 24.2 Å². The average molecular weight is 177 g/mol. The zero-order valence-corrected chi connectivity index (χ0v) is 7.31. The molecule has 13 heavy (non-hydrogen) atoms. The number of nitrogens with zero attached hydrogens (tertiary/aromatic N) is 3. The SMILES string of the molecule is Cc1nc(N=CN=CN)ccc1N. The molecule has 0 aromatic carbocycles. The lowest BCUT2D eigenvalue weighted by molar-refractivity contribution is 1.18. The van der Waals surface area contributed by atoms with Crippen LogP contribution in [0.5, 0.6) is 0 Å². The van der Waals surface area contributed by atoms with Crippen molar-refractivity contribution < 1.29 is 0 Å². The van der Waals surface area contributed by atoms with Gasteiger partial charge in [-0.3, -0.25) is 0 Å². The Balaban J connectivity index is 2.85. The van der Waals surface area contributed by atoms with Crippen molar-refractivity contribution in [3.63, 3.8) is 0 Å². The van der Waals surface area contributed by atoms with Crippen molar-refractivity contribution in [2.24, 2.45) is 15.7 Å². The van der Waals surface area contributed by atoms with E-state index in [2.05, 4.69) is 15.0 Å². The fourth-order valence-corrected chi connectivity index (χ4v) is 0.761. The summed E-state index contributed by atoms with van der Waals surface area (Å²) in [5, 5.41) is 0. The zero-order chi connectivity index (χ0) is 9.68. The second-order valence-corrected chi connectivity index (χ2v) is 2.39. The molecule has 0 spiro atoms. The standard InChI is InChI=1S/C8H11N5/c1-6-7(10)2-3-8(13-6)12-5-11-4-9/h2-5H,10H2,1H3,(H2,9,11,12,13). The average Bonchev–Trinajstić information content (AvgIpc) is 2.12.